The molecule has 5 N–H and O–H groups in total. The third-order valence-corrected chi connectivity index (χ3v) is 1.85. The molecule has 5 heteroatoms. The molecule has 0 fully saturated rings. The van der Waals surface area contributed by atoms with Crippen LogP contribution < -0.4 is 5.73 Å². The van der Waals surface area contributed by atoms with Crippen molar-refractivity contribution in [3.63, 3.8) is 0 Å². The van der Waals surface area contributed by atoms with E-state index >= 15 is 0 Å². The Morgan fingerprint density at radius 1 is 1.36 bits per heavy atom. The lowest BCUT2D eigenvalue weighted by Gasteiger charge is -2.10. The number of rotatable bonds is 2. The summed E-state index contributed by atoms with van der Waals surface area (Å²) >= 11 is 0. The van der Waals surface area contributed by atoms with Gasteiger partial charge in [-0.15, -0.1) is 0 Å². The van der Waals surface area contributed by atoms with Gasteiger partial charge >= 0.3 is 0 Å². The first-order valence-corrected chi connectivity index (χ1v) is 3.94. The Bertz CT molecular complexity index is 384. The highest BCUT2D eigenvalue weighted by atomic mass is 16.3. The summed E-state index contributed by atoms with van der Waals surface area (Å²) in [6, 6.07) is 3.95. The number of hydrogen-bond donors (Lipinski definition) is 4. The maximum atomic E-state index is 9.34. The first-order chi connectivity index (χ1) is 6.60. The normalized spacial score (nSPS) is 12.1. The second-order valence-electron chi connectivity index (χ2n) is 2.79. The fourth-order valence-electron chi connectivity index (χ4n) is 1.08. The molecular formula is C9H10N2O3. The Balaban J connectivity index is 3.26. The van der Waals surface area contributed by atoms with Gasteiger partial charge in [0.15, 0.2) is 0 Å². The molecule has 14 heavy (non-hydrogen) atoms. The second kappa shape index (κ2) is 3.96. The van der Waals surface area contributed by atoms with Crippen LogP contribution >= 0.6 is 0 Å². The third-order valence-electron chi connectivity index (χ3n) is 1.85. The van der Waals surface area contributed by atoms with Gasteiger partial charge in [-0.1, -0.05) is 0 Å². The van der Waals surface area contributed by atoms with Crippen LogP contribution in [0.15, 0.2) is 12.1 Å². The van der Waals surface area contributed by atoms with Crippen LogP contribution in [0, 0.1) is 11.3 Å². The van der Waals surface area contributed by atoms with Crippen LogP contribution in [-0.4, -0.2) is 21.9 Å². The fourth-order valence-corrected chi connectivity index (χ4v) is 1.08. The van der Waals surface area contributed by atoms with Gasteiger partial charge in [-0.05, 0) is 6.07 Å². The van der Waals surface area contributed by atoms with Crippen molar-refractivity contribution in [1.29, 1.82) is 5.26 Å². The zero-order valence-electron chi connectivity index (χ0n) is 7.31. The summed E-state index contributed by atoms with van der Waals surface area (Å²) < 4.78 is 0. The van der Waals surface area contributed by atoms with Gasteiger partial charge < -0.3 is 21.1 Å². The van der Waals surface area contributed by atoms with Gasteiger partial charge in [-0.2, -0.15) is 5.26 Å². The Morgan fingerprint density at radius 2 is 2.00 bits per heavy atom. The minimum Gasteiger partial charge on any atom is -0.507 e. The maximum Gasteiger partial charge on any atom is 0.137 e. The molecule has 0 bridgehead atoms. The molecule has 1 rings (SSSR count). The standard InChI is InChI=1S/C9H10N2O3/c10-3-5-1-6(9(14)4-11)8(13)2-7(5)12/h1-2,9,12-14H,4,11H2. The summed E-state index contributed by atoms with van der Waals surface area (Å²) in [5, 5.41) is 36.4. The van der Waals surface area contributed by atoms with Crippen molar-refractivity contribution >= 4 is 0 Å². The SMILES string of the molecule is N#Cc1cc(C(O)CN)c(O)cc1O. The Labute approximate surface area is 80.6 Å². The summed E-state index contributed by atoms with van der Waals surface area (Å²) in [7, 11) is 0. The van der Waals surface area contributed by atoms with Crippen molar-refractivity contribution in [2.24, 2.45) is 5.73 Å². The largest absolute Gasteiger partial charge is 0.507 e. The molecule has 0 saturated heterocycles. The number of hydrogen-bond acceptors (Lipinski definition) is 5. The van der Waals surface area contributed by atoms with Gasteiger partial charge in [-0.3, -0.25) is 0 Å². The predicted octanol–water partition coefficient (Wildman–Crippen LogP) is -0.0384. The van der Waals surface area contributed by atoms with Crippen LogP contribution in [0.5, 0.6) is 11.5 Å². The summed E-state index contributed by atoms with van der Waals surface area (Å²) in [6.07, 6.45) is -1.04. The highest BCUT2D eigenvalue weighted by Gasteiger charge is 2.14. The van der Waals surface area contributed by atoms with Gasteiger partial charge in [0, 0.05) is 18.2 Å². The molecule has 1 aromatic rings. The van der Waals surface area contributed by atoms with E-state index in [-0.39, 0.29) is 29.2 Å². The lowest BCUT2D eigenvalue weighted by atomic mass is 10.0. The number of nitrogens with zero attached hydrogens (tertiary/aromatic N) is 1. The van der Waals surface area contributed by atoms with Crippen molar-refractivity contribution in [2.75, 3.05) is 6.54 Å². The van der Waals surface area contributed by atoms with E-state index in [2.05, 4.69) is 0 Å². The molecule has 0 spiro atoms. The first-order valence-electron chi connectivity index (χ1n) is 3.94. The summed E-state index contributed by atoms with van der Waals surface area (Å²) in [5.74, 6) is -0.600. The van der Waals surface area contributed by atoms with Gasteiger partial charge in [0.05, 0.1) is 11.7 Å². The van der Waals surface area contributed by atoms with Crippen molar-refractivity contribution in [2.45, 2.75) is 6.10 Å². The van der Waals surface area contributed by atoms with E-state index < -0.39 is 6.10 Å². The van der Waals surface area contributed by atoms with Crippen molar-refractivity contribution in [3.05, 3.63) is 23.3 Å². The van der Waals surface area contributed by atoms with E-state index in [0.717, 1.165) is 6.07 Å². The molecule has 1 unspecified atom stereocenters. The second-order valence-corrected chi connectivity index (χ2v) is 2.79. The Hall–Kier alpha value is -1.77. The molecule has 74 valence electrons. The molecule has 0 aliphatic carbocycles. The van der Waals surface area contributed by atoms with E-state index in [4.69, 9.17) is 11.0 Å². The molecule has 0 radical (unpaired) electrons. The molecule has 0 heterocycles. The van der Waals surface area contributed by atoms with E-state index in [1.807, 2.05) is 0 Å². The van der Waals surface area contributed by atoms with Crippen LogP contribution in [0.3, 0.4) is 0 Å². The Kier molecular flexibility index (Phi) is 2.92. The van der Waals surface area contributed by atoms with Gasteiger partial charge in [0.2, 0.25) is 0 Å². The lowest BCUT2D eigenvalue weighted by molar-refractivity contribution is 0.182. The number of phenolic OH excluding ortho intramolecular Hbond substituents is 2. The third kappa shape index (κ3) is 1.76. The van der Waals surface area contributed by atoms with Gasteiger partial charge in [-0.25, -0.2) is 0 Å². The predicted molar refractivity (Wildman–Crippen MR) is 48.5 cm³/mol. The minimum absolute atomic E-state index is 0.00898. The highest BCUT2D eigenvalue weighted by molar-refractivity contribution is 5.51. The molecule has 0 saturated carbocycles. The number of aromatic hydroxyl groups is 2. The maximum absolute atomic E-state index is 9.34. The number of aliphatic hydroxyl groups excluding tert-OH is 1. The molecule has 0 aromatic heterocycles. The van der Waals surface area contributed by atoms with Crippen LogP contribution in [0.4, 0.5) is 0 Å². The van der Waals surface area contributed by atoms with E-state index in [0.29, 0.717) is 0 Å². The number of aliphatic hydroxyl groups is 1. The number of phenols is 2. The zero-order valence-corrected chi connectivity index (χ0v) is 7.31. The first kappa shape index (κ1) is 10.3. The molecule has 1 atom stereocenters. The smallest absolute Gasteiger partial charge is 0.137 e. The summed E-state index contributed by atoms with van der Waals surface area (Å²) in [4.78, 5) is 0. The lowest BCUT2D eigenvalue weighted by Crippen LogP contribution is -2.11. The topological polar surface area (TPSA) is 110 Å². The minimum atomic E-state index is -1.04. The number of nitrogens with two attached hydrogens (primary N) is 1. The van der Waals surface area contributed by atoms with Crippen LogP contribution in [-0.2, 0) is 0 Å². The average molecular weight is 194 g/mol. The quantitative estimate of drug-likeness (QED) is 0.528. The molecule has 0 aliphatic rings. The number of nitriles is 1. The molecular weight excluding hydrogens is 184 g/mol. The van der Waals surface area contributed by atoms with E-state index in [1.165, 1.54) is 6.07 Å². The molecule has 0 amide bonds. The van der Waals surface area contributed by atoms with Gasteiger partial charge in [0.25, 0.3) is 0 Å². The Morgan fingerprint density at radius 3 is 2.50 bits per heavy atom. The van der Waals surface area contributed by atoms with Crippen molar-refractivity contribution in [3.8, 4) is 17.6 Å². The molecule has 1 aromatic carbocycles. The molecule has 0 aliphatic heterocycles. The van der Waals surface area contributed by atoms with E-state index in [1.54, 1.807) is 6.07 Å². The van der Waals surface area contributed by atoms with Crippen LogP contribution in [0.25, 0.3) is 0 Å². The van der Waals surface area contributed by atoms with E-state index in [9.17, 15) is 15.3 Å². The zero-order chi connectivity index (χ0) is 10.7. The fraction of sp³-hybridized carbons (Fsp3) is 0.222. The van der Waals surface area contributed by atoms with Crippen LogP contribution in [0.2, 0.25) is 0 Å². The van der Waals surface area contributed by atoms with Crippen molar-refractivity contribution < 1.29 is 15.3 Å². The molecule has 5 nitrogen and oxygen atoms in total. The van der Waals surface area contributed by atoms with Gasteiger partial charge in [0.1, 0.15) is 17.6 Å². The number of benzene rings is 1. The highest BCUT2D eigenvalue weighted by Crippen LogP contribution is 2.30. The van der Waals surface area contributed by atoms with Crippen LogP contribution in [0.1, 0.15) is 17.2 Å². The van der Waals surface area contributed by atoms with Crippen molar-refractivity contribution in [1.82, 2.24) is 0 Å². The monoisotopic (exact) mass is 194 g/mol. The summed E-state index contributed by atoms with van der Waals surface area (Å²) in [5.41, 5.74) is 5.33. The average Bonchev–Trinajstić information content (AvgIpc) is 2.17. The summed E-state index contributed by atoms with van der Waals surface area (Å²) in [6.45, 7) is -0.0663.